The van der Waals surface area contributed by atoms with Crippen molar-refractivity contribution in [1.82, 2.24) is 9.80 Å². The van der Waals surface area contributed by atoms with Crippen molar-refractivity contribution in [2.75, 3.05) is 13.1 Å². The summed E-state index contributed by atoms with van der Waals surface area (Å²) in [6.45, 7) is 2.01. The van der Waals surface area contributed by atoms with Crippen molar-refractivity contribution in [2.24, 2.45) is 11.8 Å². The van der Waals surface area contributed by atoms with Crippen LogP contribution in [0.15, 0.2) is 78.2 Å². The van der Waals surface area contributed by atoms with Crippen molar-refractivity contribution in [3.8, 4) is 0 Å². The van der Waals surface area contributed by atoms with Gasteiger partial charge in [-0.2, -0.15) is 0 Å². The van der Waals surface area contributed by atoms with Gasteiger partial charge in [-0.1, -0.05) is 66.7 Å². The molecule has 33 heavy (non-hydrogen) atoms. The molecule has 0 saturated heterocycles. The van der Waals surface area contributed by atoms with Crippen LogP contribution in [0.2, 0.25) is 0 Å². The van der Waals surface area contributed by atoms with Crippen molar-refractivity contribution in [1.29, 1.82) is 0 Å². The molecule has 2 fully saturated rings. The SMILES string of the molecule is O=C(CN(CC1CC1)C(=O)C1CC1c1ccccc1)N(Cc1ccccc1)Cc1cccs1. The van der Waals surface area contributed by atoms with Gasteiger partial charge in [-0.25, -0.2) is 0 Å². The molecular weight excluding hydrogens is 428 g/mol. The van der Waals surface area contributed by atoms with E-state index in [-0.39, 0.29) is 24.3 Å². The highest BCUT2D eigenvalue weighted by atomic mass is 32.1. The third-order valence-corrected chi connectivity index (χ3v) is 7.51. The van der Waals surface area contributed by atoms with Gasteiger partial charge in [0.15, 0.2) is 0 Å². The monoisotopic (exact) mass is 458 g/mol. The van der Waals surface area contributed by atoms with Crippen LogP contribution in [-0.2, 0) is 22.7 Å². The van der Waals surface area contributed by atoms with Gasteiger partial charge in [0.05, 0.1) is 13.1 Å². The number of carbonyl (C=O) groups is 2. The van der Waals surface area contributed by atoms with Crippen LogP contribution in [-0.4, -0.2) is 34.7 Å². The van der Waals surface area contributed by atoms with Crippen LogP contribution in [0.3, 0.4) is 0 Å². The summed E-state index contributed by atoms with van der Waals surface area (Å²) in [4.78, 5) is 31.9. The zero-order valence-corrected chi connectivity index (χ0v) is 19.6. The summed E-state index contributed by atoms with van der Waals surface area (Å²) in [6.07, 6.45) is 3.21. The van der Waals surface area contributed by atoms with E-state index in [9.17, 15) is 9.59 Å². The predicted octanol–water partition coefficient (Wildman–Crippen LogP) is 5.32. The lowest BCUT2D eigenvalue weighted by Gasteiger charge is -2.28. The van der Waals surface area contributed by atoms with Crippen molar-refractivity contribution < 1.29 is 9.59 Å². The summed E-state index contributed by atoms with van der Waals surface area (Å²) >= 11 is 1.66. The lowest BCUT2D eigenvalue weighted by molar-refractivity contribution is -0.142. The van der Waals surface area contributed by atoms with Crippen molar-refractivity contribution >= 4 is 23.2 Å². The van der Waals surface area contributed by atoms with Crippen LogP contribution in [0.1, 0.15) is 41.2 Å². The molecule has 0 N–H and O–H groups in total. The summed E-state index contributed by atoms with van der Waals surface area (Å²) in [5.74, 6) is 1.04. The van der Waals surface area contributed by atoms with Crippen molar-refractivity contribution in [2.45, 2.75) is 38.3 Å². The van der Waals surface area contributed by atoms with E-state index < -0.39 is 0 Å². The Morgan fingerprint density at radius 3 is 2.24 bits per heavy atom. The number of amides is 2. The molecule has 1 aromatic heterocycles. The van der Waals surface area contributed by atoms with E-state index in [0.717, 1.165) is 29.7 Å². The normalized spacial score (nSPS) is 19.2. The molecule has 2 aliphatic carbocycles. The van der Waals surface area contributed by atoms with Gasteiger partial charge >= 0.3 is 0 Å². The number of rotatable bonds is 10. The van der Waals surface area contributed by atoms with Crippen LogP contribution in [0.25, 0.3) is 0 Å². The first kappa shape index (κ1) is 21.9. The van der Waals surface area contributed by atoms with E-state index in [2.05, 4.69) is 30.3 Å². The Kier molecular flexibility index (Phi) is 6.58. The van der Waals surface area contributed by atoms with E-state index in [1.165, 1.54) is 5.56 Å². The smallest absolute Gasteiger partial charge is 0.242 e. The summed E-state index contributed by atoms with van der Waals surface area (Å²) in [6, 6.07) is 24.5. The zero-order chi connectivity index (χ0) is 22.6. The largest absolute Gasteiger partial charge is 0.333 e. The second-order valence-corrected chi connectivity index (χ2v) is 10.4. The third-order valence-electron chi connectivity index (χ3n) is 6.64. The van der Waals surface area contributed by atoms with Gasteiger partial charge in [-0.05, 0) is 53.7 Å². The topological polar surface area (TPSA) is 40.6 Å². The molecule has 4 nitrogen and oxygen atoms in total. The van der Waals surface area contributed by atoms with Crippen LogP contribution in [0.5, 0.6) is 0 Å². The number of thiophene rings is 1. The Labute approximate surface area is 199 Å². The maximum absolute atomic E-state index is 13.5. The Hall–Kier alpha value is -2.92. The molecule has 170 valence electrons. The second kappa shape index (κ2) is 9.92. The number of carbonyl (C=O) groups excluding carboxylic acids is 2. The highest BCUT2D eigenvalue weighted by molar-refractivity contribution is 7.09. The zero-order valence-electron chi connectivity index (χ0n) is 18.8. The molecule has 3 aromatic rings. The van der Waals surface area contributed by atoms with Crippen LogP contribution >= 0.6 is 11.3 Å². The fourth-order valence-corrected chi connectivity index (χ4v) is 5.23. The van der Waals surface area contributed by atoms with Gasteiger partial charge in [0.1, 0.15) is 0 Å². The Morgan fingerprint density at radius 1 is 0.848 bits per heavy atom. The first-order chi connectivity index (χ1) is 16.2. The number of hydrogen-bond donors (Lipinski definition) is 0. The highest BCUT2D eigenvalue weighted by Gasteiger charge is 2.46. The molecule has 2 aliphatic rings. The molecule has 5 rings (SSSR count). The number of hydrogen-bond acceptors (Lipinski definition) is 3. The summed E-state index contributed by atoms with van der Waals surface area (Å²) in [5, 5.41) is 2.04. The van der Waals surface area contributed by atoms with Gasteiger partial charge in [0, 0.05) is 23.9 Å². The van der Waals surface area contributed by atoms with Gasteiger partial charge < -0.3 is 9.80 Å². The molecule has 2 aromatic carbocycles. The maximum atomic E-state index is 13.5. The number of benzene rings is 2. The molecule has 2 atom stereocenters. The molecule has 2 saturated carbocycles. The van der Waals surface area contributed by atoms with Gasteiger partial charge in [-0.15, -0.1) is 11.3 Å². The minimum Gasteiger partial charge on any atom is -0.333 e. The first-order valence-electron chi connectivity index (χ1n) is 11.8. The van der Waals surface area contributed by atoms with Gasteiger partial charge in [0.25, 0.3) is 0 Å². The predicted molar refractivity (Wildman–Crippen MR) is 132 cm³/mol. The van der Waals surface area contributed by atoms with Crippen LogP contribution in [0, 0.1) is 11.8 Å². The van der Waals surface area contributed by atoms with Gasteiger partial charge in [0.2, 0.25) is 11.8 Å². The Bertz CT molecular complexity index is 1060. The second-order valence-electron chi connectivity index (χ2n) is 9.34. The first-order valence-corrected chi connectivity index (χ1v) is 12.7. The van der Waals surface area contributed by atoms with E-state index in [0.29, 0.717) is 31.5 Å². The molecule has 0 radical (unpaired) electrons. The molecule has 0 spiro atoms. The fourth-order valence-electron chi connectivity index (χ4n) is 4.51. The van der Waals surface area contributed by atoms with E-state index in [4.69, 9.17) is 0 Å². The van der Waals surface area contributed by atoms with Crippen molar-refractivity contribution in [3.05, 3.63) is 94.2 Å². The molecule has 2 unspecified atom stereocenters. The summed E-state index contributed by atoms with van der Waals surface area (Å²) in [7, 11) is 0. The fraction of sp³-hybridized carbons (Fsp3) is 0.357. The Morgan fingerprint density at radius 2 is 1.58 bits per heavy atom. The minimum absolute atomic E-state index is 0.0128. The lowest BCUT2D eigenvalue weighted by Crippen LogP contribution is -2.44. The quantitative estimate of drug-likeness (QED) is 0.413. The Balaban J connectivity index is 1.29. The summed E-state index contributed by atoms with van der Waals surface area (Å²) in [5.41, 5.74) is 2.34. The molecule has 2 amide bonds. The molecule has 0 aliphatic heterocycles. The van der Waals surface area contributed by atoms with Crippen molar-refractivity contribution in [3.63, 3.8) is 0 Å². The summed E-state index contributed by atoms with van der Waals surface area (Å²) < 4.78 is 0. The van der Waals surface area contributed by atoms with Gasteiger partial charge in [-0.3, -0.25) is 9.59 Å². The van der Waals surface area contributed by atoms with Crippen LogP contribution in [0.4, 0.5) is 0 Å². The lowest BCUT2D eigenvalue weighted by atomic mass is 10.1. The maximum Gasteiger partial charge on any atom is 0.242 e. The molecular formula is C28H30N2O2S. The van der Waals surface area contributed by atoms with E-state index >= 15 is 0 Å². The molecule has 1 heterocycles. The molecule has 5 heteroatoms. The van der Waals surface area contributed by atoms with E-state index in [1.54, 1.807) is 11.3 Å². The minimum atomic E-state index is 0.0128. The molecule has 0 bridgehead atoms. The average molecular weight is 459 g/mol. The standard InChI is InChI=1S/C28H30N2O2S/c31-27(29(19-24-12-7-15-33-24)17-21-8-3-1-4-9-21)20-30(18-22-13-14-22)28(32)26-16-25(26)23-10-5-2-6-11-23/h1-12,15,22,25-26H,13-14,16-20H2. The highest BCUT2D eigenvalue weighted by Crippen LogP contribution is 2.48. The third kappa shape index (κ3) is 5.72. The number of nitrogens with zero attached hydrogens (tertiary/aromatic N) is 2. The van der Waals surface area contributed by atoms with Crippen LogP contribution < -0.4 is 0 Å². The average Bonchev–Trinajstić information content (AvgIpc) is 3.77. The van der Waals surface area contributed by atoms with E-state index in [1.807, 2.05) is 57.6 Å².